The van der Waals surface area contributed by atoms with Gasteiger partial charge in [0, 0.05) is 64.8 Å². The molecule has 2 aromatic rings. The number of alkyl carbamates (subject to hydrolysis) is 1. The summed E-state index contributed by atoms with van der Waals surface area (Å²) in [5.74, 6) is -4.80. The molecule has 1 aliphatic heterocycles. The molecule has 17 nitrogen and oxygen atoms in total. The second-order valence-electron chi connectivity index (χ2n) is 13.5. The van der Waals surface area contributed by atoms with Crippen LogP contribution in [0.4, 0.5) is 4.79 Å². The Hall–Kier alpha value is -5.10. The number of fused-ring (bicyclic) bond motifs is 3. The minimum atomic E-state index is -1.20. The number of aliphatic carboxylic acids is 4. The average Bonchev–Trinajstić information content (AvgIpc) is 3.43. The highest BCUT2D eigenvalue weighted by Crippen LogP contribution is 2.44. The fourth-order valence-electron chi connectivity index (χ4n) is 6.78. The molecule has 2 aromatic carbocycles. The second kappa shape index (κ2) is 21.0. The predicted molar refractivity (Wildman–Crippen MR) is 195 cm³/mol. The van der Waals surface area contributed by atoms with E-state index in [1.165, 1.54) is 0 Å². The molecule has 294 valence electrons. The Morgan fingerprint density at radius 1 is 0.630 bits per heavy atom. The first-order chi connectivity index (χ1) is 25.9. The quantitative estimate of drug-likeness (QED) is 0.122. The lowest BCUT2D eigenvalue weighted by Crippen LogP contribution is -2.49. The van der Waals surface area contributed by atoms with Crippen LogP contribution in [-0.2, 0) is 28.7 Å². The van der Waals surface area contributed by atoms with E-state index in [1.807, 2.05) is 53.4 Å². The van der Waals surface area contributed by atoms with Crippen LogP contribution in [0.5, 0.6) is 0 Å². The highest BCUT2D eigenvalue weighted by atomic mass is 16.5. The van der Waals surface area contributed by atoms with Gasteiger partial charge in [0.1, 0.15) is 12.6 Å². The van der Waals surface area contributed by atoms with Crippen LogP contribution in [0.3, 0.4) is 0 Å². The van der Waals surface area contributed by atoms with E-state index in [0.29, 0.717) is 25.9 Å². The molecular weight excluding hydrogens is 704 g/mol. The highest BCUT2D eigenvalue weighted by molar-refractivity contribution is 5.81. The molecule has 0 saturated carbocycles. The van der Waals surface area contributed by atoms with E-state index in [1.54, 1.807) is 14.7 Å². The Bertz CT molecular complexity index is 1550. The third-order valence-electron chi connectivity index (χ3n) is 9.55. The lowest BCUT2D eigenvalue weighted by Gasteiger charge is -2.32. The number of hydrogen-bond donors (Lipinski definition) is 6. The number of rotatable bonds is 17. The minimum Gasteiger partial charge on any atom is -0.480 e. The van der Waals surface area contributed by atoms with Crippen molar-refractivity contribution in [3.63, 3.8) is 0 Å². The number of ether oxygens (including phenoxy) is 1. The van der Waals surface area contributed by atoms with Gasteiger partial charge in [-0.05, 0) is 41.5 Å². The lowest BCUT2D eigenvalue weighted by atomic mass is 9.98. The molecule has 4 rings (SSSR count). The van der Waals surface area contributed by atoms with E-state index >= 15 is 0 Å². The fraction of sp³-hybridized carbons (Fsp3) is 0.514. The Labute approximate surface area is 313 Å². The van der Waals surface area contributed by atoms with Gasteiger partial charge in [0.25, 0.3) is 0 Å². The van der Waals surface area contributed by atoms with Gasteiger partial charge in [-0.3, -0.25) is 38.8 Å². The van der Waals surface area contributed by atoms with Crippen molar-refractivity contribution in [2.75, 3.05) is 91.7 Å². The zero-order chi connectivity index (χ0) is 39.0. The third kappa shape index (κ3) is 13.4. The summed E-state index contributed by atoms with van der Waals surface area (Å²) in [4.78, 5) is 78.8. The molecule has 17 heteroatoms. The van der Waals surface area contributed by atoms with Crippen molar-refractivity contribution in [2.45, 2.75) is 31.2 Å². The van der Waals surface area contributed by atoms with E-state index in [2.05, 4.69) is 10.6 Å². The zero-order valence-electron chi connectivity index (χ0n) is 30.2. The number of nitrogens with zero attached hydrogens (tertiary/aromatic N) is 4. The Morgan fingerprint density at radius 2 is 1.06 bits per heavy atom. The van der Waals surface area contributed by atoms with Crippen LogP contribution in [0.1, 0.15) is 36.3 Å². The fourth-order valence-corrected chi connectivity index (χ4v) is 6.78. The van der Waals surface area contributed by atoms with Gasteiger partial charge in [0.15, 0.2) is 0 Å². The maximum atomic E-state index is 12.9. The predicted octanol–water partition coefficient (Wildman–Crippen LogP) is 0.740. The second-order valence-corrected chi connectivity index (χ2v) is 13.5. The smallest absolute Gasteiger partial charge is 0.407 e. The van der Waals surface area contributed by atoms with Crippen LogP contribution < -0.4 is 10.6 Å². The number of unbranched alkanes of at least 4 members (excludes halogenated alkanes) is 1. The van der Waals surface area contributed by atoms with Crippen LogP contribution in [0.2, 0.25) is 0 Å². The first kappa shape index (κ1) is 41.7. The molecular formula is C37H50N6O11. The SMILES string of the molecule is O=C(O)CN1CCN(CC(=O)O)CCN(CC(=O)NCCCC[C@H](NC(=O)OCC2c3ccccc3-c3ccccc32)C(=O)O)CCN(CC(=O)O)CC1. The normalized spacial score (nSPS) is 16.9. The molecule has 1 fully saturated rings. The van der Waals surface area contributed by atoms with Gasteiger partial charge >= 0.3 is 30.0 Å². The number of carbonyl (C=O) groups excluding carboxylic acids is 2. The first-order valence-corrected chi connectivity index (χ1v) is 18.1. The van der Waals surface area contributed by atoms with E-state index in [4.69, 9.17) is 4.74 Å². The summed E-state index contributed by atoms with van der Waals surface area (Å²) in [5, 5.41) is 43.2. The van der Waals surface area contributed by atoms with Gasteiger partial charge in [-0.25, -0.2) is 9.59 Å². The van der Waals surface area contributed by atoms with Gasteiger partial charge in [0.05, 0.1) is 26.2 Å². The molecule has 6 N–H and O–H groups in total. The molecule has 0 aromatic heterocycles. The van der Waals surface area contributed by atoms with Gasteiger partial charge in [0.2, 0.25) is 5.91 Å². The standard InChI is InChI=1S/C37H50N6O11/c44-32(21-40-13-15-41(22-33(45)46)17-19-43(24-35(49)50)20-18-42(16-14-40)23-34(47)48)38-12-6-5-11-31(36(51)52)39-37(53)54-25-30-28-9-3-1-7-26(28)27-8-2-4-10-29(27)30/h1-4,7-10,30-31H,5-6,11-25H2,(H,38,44)(H,39,53)(H,45,46)(H,47,48)(H,49,50)(H,51,52)/t31-/m0/s1. The Morgan fingerprint density at radius 3 is 1.48 bits per heavy atom. The van der Waals surface area contributed by atoms with Gasteiger partial charge < -0.3 is 35.8 Å². The van der Waals surface area contributed by atoms with Gasteiger partial charge in [-0.1, -0.05) is 48.5 Å². The molecule has 0 spiro atoms. The van der Waals surface area contributed by atoms with Crippen molar-refractivity contribution < 1.29 is 53.9 Å². The van der Waals surface area contributed by atoms with Crippen molar-refractivity contribution in [1.82, 2.24) is 30.2 Å². The lowest BCUT2D eigenvalue weighted by molar-refractivity contribution is -0.140. The summed E-state index contributed by atoms with van der Waals surface area (Å²) in [5.41, 5.74) is 4.23. The largest absolute Gasteiger partial charge is 0.480 e. The van der Waals surface area contributed by atoms with Crippen LogP contribution in [-0.4, -0.2) is 174 Å². The van der Waals surface area contributed by atoms with E-state index < -0.39 is 36.0 Å². The Kier molecular flexibility index (Phi) is 16.2. The molecule has 0 radical (unpaired) electrons. The van der Waals surface area contributed by atoms with Gasteiger partial charge in [-0.2, -0.15) is 0 Å². The summed E-state index contributed by atoms with van der Waals surface area (Å²) in [6, 6.07) is 14.6. The van der Waals surface area contributed by atoms with E-state index in [-0.39, 0.29) is 96.8 Å². The van der Waals surface area contributed by atoms with Crippen LogP contribution in [0.15, 0.2) is 48.5 Å². The monoisotopic (exact) mass is 754 g/mol. The van der Waals surface area contributed by atoms with E-state index in [0.717, 1.165) is 22.3 Å². The molecule has 1 aliphatic carbocycles. The van der Waals surface area contributed by atoms with Crippen molar-refractivity contribution in [1.29, 1.82) is 0 Å². The minimum absolute atomic E-state index is 0.0337. The maximum Gasteiger partial charge on any atom is 0.407 e. The number of hydrogen-bond acceptors (Lipinski definition) is 11. The number of benzene rings is 2. The molecule has 0 bridgehead atoms. The topological polar surface area (TPSA) is 230 Å². The summed E-state index contributed by atoms with van der Waals surface area (Å²) < 4.78 is 5.50. The summed E-state index contributed by atoms with van der Waals surface area (Å²) in [6.07, 6.45) is 0.111. The van der Waals surface area contributed by atoms with Crippen molar-refractivity contribution in [3.8, 4) is 11.1 Å². The molecule has 1 heterocycles. The summed E-state index contributed by atoms with van der Waals surface area (Å²) >= 11 is 0. The molecule has 1 saturated heterocycles. The van der Waals surface area contributed by atoms with Crippen molar-refractivity contribution in [2.24, 2.45) is 0 Å². The average molecular weight is 755 g/mol. The number of carboxylic acids is 4. The van der Waals surface area contributed by atoms with Gasteiger partial charge in [-0.15, -0.1) is 0 Å². The molecule has 0 unspecified atom stereocenters. The van der Waals surface area contributed by atoms with Crippen LogP contribution in [0.25, 0.3) is 11.1 Å². The number of nitrogens with one attached hydrogen (secondary N) is 2. The third-order valence-corrected chi connectivity index (χ3v) is 9.55. The molecule has 1 atom stereocenters. The summed E-state index contributed by atoms with van der Waals surface area (Å²) in [6.45, 7) is 1.74. The molecule has 54 heavy (non-hydrogen) atoms. The zero-order valence-corrected chi connectivity index (χ0v) is 30.2. The maximum absolute atomic E-state index is 12.9. The number of carbonyl (C=O) groups is 6. The molecule has 2 amide bonds. The number of carboxylic acid groups (broad SMARTS) is 4. The van der Waals surface area contributed by atoms with Crippen LogP contribution in [0, 0.1) is 0 Å². The number of amides is 2. The first-order valence-electron chi connectivity index (χ1n) is 18.1. The van der Waals surface area contributed by atoms with Crippen molar-refractivity contribution >= 4 is 35.9 Å². The van der Waals surface area contributed by atoms with Crippen molar-refractivity contribution in [3.05, 3.63) is 59.7 Å². The van der Waals surface area contributed by atoms with Crippen LogP contribution >= 0.6 is 0 Å². The Balaban J connectivity index is 1.23. The molecule has 2 aliphatic rings. The highest BCUT2D eigenvalue weighted by Gasteiger charge is 2.30. The van der Waals surface area contributed by atoms with E-state index in [9.17, 15) is 49.2 Å². The summed E-state index contributed by atoms with van der Waals surface area (Å²) in [7, 11) is 0.